The van der Waals surface area contributed by atoms with Crippen LogP contribution in [0.5, 0.6) is 5.75 Å². The molecule has 3 N–H and O–H groups in total. The van der Waals surface area contributed by atoms with Crippen LogP contribution >= 0.6 is 11.6 Å². The Morgan fingerprint density at radius 3 is 2.66 bits per heavy atom. The van der Waals surface area contributed by atoms with Crippen LogP contribution in [-0.2, 0) is 0 Å². The second-order valence-electron chi connectivity index (χ2n) is 7.02. The number of hydrogen-bond acceptors (Lipinski definition) is 3. The number of benzene rings is 2. The van der Waals surface area contributed by atoms with Crippen molar-refractivity contribution >= 4 is 28.3 Å². The Morgan fingerprint density at radius 1 is 1.10 bits per heavy atom. The van der Waals surface area contributed by atoms with E-state index < -0.39 is 11.9 Å². The highest BCUT2D eigenvalue weighted by Gasteiger charge is 2.29. The van der Waals surface area contributed by atoms with Crippen molar-refractivity contribution in [3.8, 4) is 5.75 Å². The maximum absolute atomic E-state index is 14.8. The highest BCUT2D eigenvalue weighted by Crippen LogP contribution is 2.39. The first-order valence-electron chi connectivity index (χ1n) is 9.22. The van der Waals surface area contributed by atoms with Crippen LogP contribution in [0.15, 0.2) is 60.8 Å². The zero-order valence-electron chi connectivity index (χ0n) is 16.0. The fourth-order valence-electron chi connectivity index (χ4n) is 3.43. The van der Waals surface area contributed by atoms with E-state index in [1.807, 2.05) is 44.2 Å². The number of anilines is 1. The second kappa shape index (κ2) is 7.68. The molecule has 0 amide bonds. The number of rotatable bonds is 4. The Morgan fingerprint density at radius 2 is 1.90 bits per heavy atom. The van der Waals surface area contributed by atoms with Crippen molar-refractivity contribution in [2.75, 3.05) is 5.32 Å². The van der Waals surface area contributed by atoms with Gasteiger partial charge in [-0.1, -0.05) is 29.8 Å². The molecule has 6 heteroatoms. The monoisotopic (exact) mass is 408 g/mol. The molecule has 29 heavy (non-hydrogen) atoms. The Hall–Kier alpha value is -3.18. The predicted octanol–water partition coefficient (Wildman–Crippen LogP) is 5.37. The van der Waals surface area contributed by atoms with Crippen LogP contribution in [0, 0.1) is 19.7 Å². The molecule has 0 aliphatic heterocycles. The molecular formula is C23H20ClFN3O+. The first kappa shape index (κ1) is 19.2. The van der Waals surface area contributed by atoms with Crippen molar-refractivity contribution < 1.29 is 14.5 Å². The third-order valence-electron chi connectivity index (χ3n) is 4.86. The van der Waals surface area contributed by atoms with Gasteiger partial charge in [0.1, 0.15) is 17.1 Å². The van der Waals surface area contributed by atoms with Gasteiger partial charge in [0.25, 0.3) is 5.82 Å². The maximum Gasteiger partial charge on any atom is 0.273 e. The van der Waals surface area contributed by atoms with E-state index in [-0.39, 0.29) is 16.3 Å². The SMILES string of the molecule is Cc1cc[nH+]c(N[C@H](c2ccc3ccc(C)nc3c2O)c2c(F)cccc2Cl)c1. The number of pyridine rings is 2. The van der Waals surface area contributed by atoms with Gasteiger partial charge in [0, 0.05) is 22.7 Å². The smallest absolute Gasteiger partial charge is 0.273 e. The lowest BCUT2D eigenvalue weighted by atomic mass is 9.95. The van der Waals surface area contributed by atoms with Crippen molar-refractivity contribution in [3.63, 3.8) is 0 Å². The Kier molecular flexibility index (Phi) is 5.07. The molecule has 146 valence electrons. The first-order valence-corrected chi connectivity index (χ1v) is 9.60. The summed E-state index contributed by atoms with van der Waals surface area (Å²) >= 11 is 6.38. The number of nitrogens with zero attached hydrogens (tertiary/aromatic N) is 1. The number of halogens is 2. The number of phenols is 1. The largest absolute Gasteiger partial charge is 0.505 e. The van der Waals surface area contributed by atoms with Crippen LogP contribution in [0.4, 0.5) is 10.2 Å². The van der Waals surface area contributed by atoms with E-state index in [1.54, 1.807) is 24.4 Å². The molecule has 1 atom stereocenters. The number of aromatic amines is 1. The van der Waals surface area contributed by atoms with Crippen molar-refractivity contribution in [3.05, 3.63) is 94.0 Å². The Bertz CT molecular complexity index is 1190. The number of fused-ring (bicyclic) bond motifs is 1. The summed E-state index contributed by atoms with van der Waals surface area (Å²) < 4.78 is 14.8. The van der Waals surface area contributed by atoms with Gasteiger partial charge in [-0.3, -0.25) is 5.32 Å². The molecule has 0 saturated carbocycles. The zero-order valence-corrected chi connectivity index (χ0v) is 16.8. The summed E-state index contributed by atoms with van der Waals surface area (Å²) in [4.78, 5) is 7.58. The summed E-state index contributed by atoms with van der Waals surface area (Å²) in [6.45, 7) is 3.82. The summed E-state index contributed by atoms with van der Waals surface area (Å²) in [5.74, 6) is 0.209. The van der Waals surface area contributed by atoms with E-state index in [0.29, 0.717) is 16.9 Å². The van der Waals surface area contributed by atoms with E-state index in [0.717, 1.165) is 16.6 Å². The van der Waals surface area contributed by atoms with Crippen LogP contribution in [0.3, 0.4) is 0 Å². The lowest BCUT2D eigenvalue weighted by Gasteiger charge is -2.19. The molecule has 0 radical (unpaired) electrons. The second-order valence-corrected chi connectivity index (χ2v) is 7.43. The number of phenolic OH excluding ortho intramolecular Hbond substituents is 1. The van der Waals surface area contributed by atoms with Crippen molar-refractivity contribution in [1.29, 1.82) is 0 Å². The lowest BCUT2D eigenvalue weighted by Crippen LogP contribution is -2.20. The Labute approximate surface area is 173 Å². The van der Waals surface area contributed by atoms with Gasteiger partial charge in [0.2, 0.25) is 0 Å². The summed E-state index contributed by atoms with van der Waals surface area (Å²) in [6.07, 6.45) is 1.79. The van der Waals surface area contributed by atoms with Crippen molar-refractivity contribution in [1.82, 2.24) is 4.98 Å². The normalized spacial score (nSPS) is 12.1. The van der Waals surface area contributed by atoms with Crippen molar-refractivity contribution in [2.24, 2.45) is 0 Å². The standard InChI is InChI=1S/C23H19ClFN3O/c1-13-10-11-26-19(12-13)28-22(20-17(24)4-3-5-18(20)25)16-9-8-15-7-6-14(2)27-21(15)23(16)29/h3-12,22,29H,1-2H3,(H,26,28)/p+1/t22-/m1/s1. The first-order chi connectivity index (χ1) is 13.9. The van der Waals surface area contributed by atoms with E-state index >= 15 is 0 Å². The van der Waals surface area contributed by atoms with Gasteiger partial charge in [-0.25, -0.2) is 14.4 Å². The molecule has 0 saturated heterocycles. The minimum Gasteiger partial charge on any atom is -0.505 e. The molecule has 0 bridgehead atoms. The van der Waals surface area contributed by atoms with E-state index in [1.165, 1.54) is 6.07 Å². The molecule has 0 aliphatic carbocycles. The topological polar surface area (TPSA) is 59.3 Å². The van der Waals surface area contributed by atoms with Crippen LogP contribution < -0.4 is 10.3 Å². The van der Waals surface area contributed by atoms with E-state index in [2.05, 4.69) is 15.3 Å². The molecular weight excluding hydrogens is 389 g/mol. The molecule has 0 spiro atoms. The number of aromatic hydroxyl groups is 1. The number of H-pyrrole nitrogens is 1. The number of hydrogen-bond donors (Lipinski definition) is 2. The van der Waals surface area contributed by atoms with Crippen LogP contribution in [0.1, 0.15) is 28.4 Å². The van der Waals surface area contributed by atoms with Gasteiger partial charge in [-0.15, -0.1) is 0 Å². The fourth-order valence-corrected chi connectivity index (χ4v) is 3.70. The van der Waals surface area contributed by atoms with Gasteiger partial charge in [0.15, 0.2) is 6.04 Å². The Balaban J connectivity index is 1.93. The average Bonchev–Trinajstić information content (AvgIpc) is 2.68. The summed E-state index contributed by atoms with van der Waals surface area (Å²) in [5.41, 5.74) is 3.02. The molecule has 2 heterocycles. The molecule has 4 aromatic rings. The average molecular weight is 409 g/mol. The maximum atomic E-state index is 14.8. The molecule has 4 rings (SSSR count). The van der Waals surface area contributed by atoms with Gasteiger partial charge >= 0.3 is 0 Å². The predicted molar refractivity (Wildman–Crippen MR) is 113 cm³/mol. The quantitative estimate of drug-likeness (QED) is 0.477. The molecule has 0 unspecified atom stereocenters. The van der Waals surface area contributed by atoms with Gasteiger partial charge in [-0.2, -0.15) is 0 Å². The minimum absolute atomic E-state index is 0.00401. The summed E-state index contributed by atoms with van der Waals surface area (Å²) in [7, 11) is 0. The van der Waals surface area contributed by atoms with Crippen LogP contribution in [0.25, 0.3) is 10.9 Å². The molecule has 2 aromatic carbocycles. The minimum atomic E-state index is -0.728. The van der Waals surface area contributed by atoms with Crippen LogP contribution in [0.2, 0.25) is 5.02 Å². The molecule has 0 fully saturated rings. The fraction of sp³-hybridized carbons (Fsp3) is 0.130. The van der Waals surface area contributed by atoms with Crippen molar-refractivity contribution in [2.45, 2.75) is 19.9 Å². The van der Waals surface area contributed by atoms with E-state index in [9.17, 15) is 9.50 Å². The summed E-state index contributed by atoms with van der Waals surface area (Å²) in [6, 6.07) is 15.1. The molecule has 4 nitrogen and oxygen atoms in total. The van der Waals surface area contributed by atoms with Gasteiger partial charge in [0.05, 0.1) is 16.8 Å². The number of aryl methyl sites for hydroxylation is 2. The lowest BCUT2D eigenvalue weighted by molar-refractivity contribution is -0.361. The van der Waals surface area contributed by atoms with Gasteiger partial charge < -0.3 is 5.11 Å². The third-order valence-corrected chi connectivity index (χ3v) is 5.19. The summed E-state index contributed by atoms with van der Waals surface area (Å²) in [5, 5.41) is 15.4. The molecule has 2 aromatic heterocycles. The van der Waals surface area contributed by atoms with Gasteiger partial charge in [-0.05, 0) is 49.7 Å². The highest BCUT2D eigenvalue weighted by atomic mass is 35.5. The zero-order chi connectivity index (χ0) is 20.5. The third kappa shape index (κ3) is 3.74. The van der Waals surface area contributed by atoms with Crippen LogP contribution in [-0.4, -0.2) is 10.1 Å². The highest BCUT2D eigenvalue weighted by molar-refractivity contribution is 6.31. The number of nitrogens with one attached hydrogen (secondary N) is 2. The molecule has 0 aliphatic rings. The van der Waals surface area contributed by atoms with E-state index in [4.69, 9.17) is 11.6 Å². The number of aromatic nitrogens is 2.